The quantitative estimate of drug-likeness (QED) is 0.0305. The van der Waals surface area contributed by atoms with Crippen LogP contribution < -0.4 is 22.1 Å². The number of rotatable bonds is 22. The number of benzene rings is 3. The van der Waals surface area contributed by atoms with Crippen molar-refractivity contribution in [2.75, 3.05) is 20.2 Å². The molecule has 8 N–H and O–H groups in total. The number of methoxy groups -OCH3 is 1. The second-order valence-corrected chi connectivity index (χ2v) is 16.2. The van der Waals surface area contributed by atoms with Gasteiger partial charge in [-0.25, -0.2) is 9.59 Å². The molecule has 2 aromatic heterocycles. The molecule has 1 aliphatic carbocycles. The number of aromatic nitrogens is 2. The summed E-state index contributed by atoms with van der Waals surface area (Å²) >= 11 is 0. The van der Waals surface area contributed by atoms with Gasteiger partial charge in [0.2, 0.25) is 11.8 Å². The van der Waals surface area contributed by atoms with Crippen molar-refractivity contribution in [3.63, 3.8) is 0 Å². The molecule has 0 saturated heterocycles. The number of alkyl carbamates (subject to hydrolysis) is 1. The first-order valence-corrected chi connectivity index (χ1v) is 21.9. The zero-order valence-electron chi connectivity index (χ0n) is 35.8. The van der Waals surface area contributed by atoms with Crippen molar-refractivity contribution in [1.82, 2.24) is 25.5 Å². The lowest BCUT2D eigenvalue weighted by molar-refractivity contribution is -0.149. The van der Waals surface area contributed by atoms with E-state index in [0.29, 0.717) is 32.2 Å². The van der Waals surface area contributed by atoms with Gasteiger partial charge in [0.05, 0.1) is 19.2 Å². The Bertz CT molecular complexity index is 2340. The summed E-state index contributed by atoms with van der Waals surface area (Å²) in [5, 5.41) is 7.14. The van der Waals surface area contributed by atoms with Gasteiger partial charge >= 0.3 is 12.1 Å². The number of nitrogens with two attached hydrogens (primary N) is 2. The van der Waals surface area contributed by atoms with E-state index in [2.05, 4.69) is 20.6 Å². The molecule has 5 atom stereocenters. The molecule has 3 aromatic carbocycles. The number of nitrogens with one attached hydrogen (secondary N) is 4. The fraction of sp³-hybridized carbons (Fsp3) is 0.417. The maximum atomic E-state index is 14.9. The number of amides is 3. The van der Waals surface area contributed by atoms with Gasteiger partial charge in [-0.15, -0.1) is 0 Å². The number of ketones is 2. The standard InChI is InChI=1S/C48H59N7O8/c1-62-47(60)43(45(58)37(50)26-33-28-51-38-19-9-7-17-35(33)38)54-42(56)23-22-32-16-13-21-41(44(32)57)55(25-12-3-2-11-24-49)46(59)40(27-34-29-52-39-20-10-8-18-36(34)39)53-48(61)63-30-31-14-5-4-6-15-31/h4-10,14-15,17-20,28-29,32,37,40-41,43,51-52H,2-3,11-13,16,21-27,30,49-50H2,1H3,(H,53,61)(H,54,56)/t32-,37+,40+,41-,43+/m1/s1. The van der Waals surface area contributed by atoms with Crippen LogP contribution >= 0.6 is 0 Å². The largest absolute Gasteiger partial charge is 0.467 e. The number of unbranched alkanes of at least 4 members (excludes halogenated alkanes) is 3. The molecular formula is C48H59N7O8. The van der Waals surface area contributed by atoms with Crippen LogP contribution in [0.15, 0.2) is 91.3 Å². The number of hydrogen-bond acceptors (Lipinski definition) is 10. The molecule has 15 nitrogen and oxygen atoms in total. The maximum absolute atomic E-state index is 14.9. The van der Waals surface area contributed by atoms with E-state index in [1.54, 1.807) is 11.1 Å². The first kappa shape index (κ1) is 46.2. The van der Waals surface area contributed by atoms with Crippen LogP contribution in [0.4, 0.5) is 4.79 Å². The summed E-state index contributed by atoms with van der Waals surface area (Å²) in [5.41, 5.74) is 16.2. The molecule has 0 aliphatic heterocycles. The van der Waals surface area contributed by atoms with E-state index < -0.39 is 59.7 Å². The van der Waals surface area contributed by atoms with E-state index in [1.807, 2.05) is 85.1 Å². The summed E-state index contributed by atoms with van der Waals surface area (Å²) < 4.78 is 10.5. The van der Waals surface area contributed by atoms with Crippen LogP contribution in [-0.4, -0.2) is 94.7 Å². The first-order valence-electron chi connectivity index (χ1n) is 21.9. The van der Waals surface area contributed by atoms with Crippen LogP contribution in [0.3, 0.4) is 0 Å². The van der Waals surface area contributed by atoms with Gasteiger partial charge in [0, 0.05) is 59.5 Å². The Balaban J connectivity index is 1.15. The van der Waals surface area contributed by atoms with E-state index in [0.717, 1.165) is 64.9 Å². The van der Waals surface area contributed by atoms with Crippen LogP contribution in [0, 0.1) is 5.92 Å². The molecule has 334 valence electrons. The minimum atomic E-state index is -1.63. The maximum Gasteiger partial charge on any atom is 0.408 e. The van der Waals surface area contributed by atoms with Gasteiger partial charge in [0.15, 0.2) is 17.6 Å². The monoisotopic (exact) mass is 861 g/mol. The van der Waals surface area contributed by atoms with Gasteiger partial charge in [0.25, 0.3) is 0 Å². The van der Waals surface area contributed by atoms with Crippen LogP contribution in [0.2, 0.25) is 0 Å². The number of nitrogens with zero attached hydrogens (tertiary/aromatic N) is 1. The van der Waals surface area contributed by atoms with E-state index in [9.17, 15) is 28.8 Å². The highest BCUT2D eigenvalue weighted by Crippen LogP contribution is 2.30. The molecule has 0 unspecified atom stereocenters. The molecule has 0 bridgehead atoms. The Morgan fingerprint density at radius 2 is 1.44 bits per heavy atom. The van der Waals surface area contributed by atoms with Gasteiger partial charge in [0.1, 0.15) is 12.6 Å². The van der Waals surface area contributed by atoms with Gasteiger partial charge < -0.3 is 46.4 Å². The highest BCUT2D eigenvalue weighted by atomic mass is 16.5. The lowest BCUT2D eigenvalue weighted by atomic mass is 9.80. The molecule has 1 aliphatic rings. The number of carbonyl (C=O) groups is 6. The van der Waals surface area contributed by atoms with Crippen molar-refractivity contribution in [3.05, 3.63) is 108 Å². The molecule has 1 fully saturated rings. The molecule has 6 rings (SSSR count). The van der Waals surface area contributed by atoms with Gasteiger partial charge in [-0.1, -0.05) is 86.0 Å². The van der Waals surface area contributed by atoms with Crippen molar-refractivity contribution in [2.24, 2.45) is 17.4 Å². The highest BCUT2D eigenvalue weighted by molar-refractivity contribution is 6.08. The van der Waals surface area contributed by atoms with Crippen molar-refractivity contribution in [3.8, 4) is 0 Å². The smallest absolute Gasteiger partial charge is 0.408 e. The Kier molecular flexibility index (Phi) is 16.6. The highest BCUT2D eigenvalue weighted by Gasteiger charge is 2.40. The number of para-hydroxylation sites is 2. The first-order chi connectivity index (χ1) is 30.6. The fourth-order valence-electron chi connectivity index (χ4n) is 8.49. The summed E-state index contributed by atoms with van der Waals surface area (Å²) in [6, 6.07) is 19.9. The molecule has 0 spiro atoms. The molecular weight excluding hydrogens is 803 g/mol. The SMILES string of the molecule is COC(=O)[C@@H](NC(=O)CC[C@H]1CCC[C@@H](N(CCCCCCN)C(=O)[C@H](Cc2c[nH]c3ccccc23)NC(=O)OCc2ccccc2)C1=O)C(=O)[C@@H](N)Cc1c[nH]c2ccccc12. The fourth-order valence-corrected chi connectivity index (χ4v) is 8.49. The normalized spacial score (nSPS) is 16.5. The lowest BCUT2D eigenvalue weighted by Gasteiger charge is -2.38. The number of carbonyl (C=O) groups excluding carboxylic acids is 6. The third-order valence-electron chi connectivity index (χ3n) is 11.9. The minimum absolute atomic E-state index is 0.00818. The molecule has 15 heteroatoms. The van der Waals surface area contributed by atoms with Crippen molar-refractivity contribution < 1.29 is 38.2 Å². The average Bonchev–Trinajstić information content (AvgIpc) is 3.91. The topological polar surface area (TPSA) is 232 Å². The molecule has 5 aromatic rings. The molecule has 0 radical (unpaired) electrons. The van der Waals surface area contributed by atoms with Crippen LogP contribution in [0.25, 0.3) is 21.8 Å². The second-order valence-electron chi connectivity index (χ2n) is 16.2. The minimum Gasteiger partial charge on any atom is -0.467 e. The Hall–Kier alpha value is -6.32. The molecule has 3 amide bonds. The number of Topliss-reactive ketones (excluding diaryl/α,β-unsaturated/α-hetero) is 2. The van der Waals surface area contributed by atoms with Crippen LogP contribution in [0.1, 0.15) is 74.5 Å². The molecule has 1 saturated carbocycles. The van der Waals surface area contributed by atoms with E-state index in [-0.39, 0.29) is 44.6 Å². The predicted octanol–water partition coefficient (Wildman–Crippen LogP) is 5.15. The van der Waals surface area contributed by atoms with E-state index in [4.69, 9.17) is 20.9 Å². The number of esters is 1. The number of ether oxygens (including phenoxy) is 2. The third kappa shape index (κ3) is 12.2. The van der Waals surface area contributed by atoms with Crippen LogP contribution in [0.5, 0.6) is 0 Å². The van der Waals surface area contributed by atoms with Crippen molar-refractivity contribution >= 4 is 57.2 Å². The number of hydrogen-bond donors (Lipinski definition) is 6. The Morgan fingerprint density at radius 3 is 2.11 bits per heavy atom. The molecule has 63 heavy (non-hydrogen) atoms. The predicted molar refractivity (Wildman–Crippen MR) is 239 cm³/mol. The third-order valence-corrected chi connectivity index (χ3v) is 11.9. The van der Waals surface area contributed by atoms with Crippen molar-refractivity contribution in [1.29, 1.82) is 0 Å². The summed E-state index contributed by atoms with van der Waals surface area (Å²) in [4.78, 5) is 90.4. The summed E-state index contributed by atoms with van der Waals surface area (Å²) in [6.45, 7) is 0.835. The Labute approximate surface area is 367 Å². The number of H-pyrrole nitrogens is 2. The lowest BCUT2D eigenvalue weighted by Crippen LogP contribution is -2.56. The van der Waals surface area contributed by atoms with Gasteiger partial charge in [-0.05, 0) is 73.9 Å². The summed E-state index contributed by atoms with van der Waals surface area (Å²) in [6.07, 6.45) is 7.69. The zero-order chi connectivity index (χ0) is 44.7. The second kappa shape index (κ2) is 22.7. The van der Waals surface area contributed by atoms with E-state index >= 15 is 0 Å². The molecule has 2 heterocycles. The zero-order valence-corrected chi connectivity index (χ0v) is 35.8. The van der Waals surface area contributed by atoms with E-state index in [1.165, 1.54) is 0 Å². The number of fused-ring (bicyclic) bond motifs is 2. The summed E-state index contributed by atoms with van der Waals surface area (Å²) in [5.74, 6) is -3.42. The average molecular weight is 862 g/mol. The number of aromatic amines is 2. The Morgan fingerprint density at radius 1 is 0.810 bits per heavy atom. The van der Waals surface area contributed by atoms with Crippen molar-refractivity contribution in [2.45, 2.75) is 101 Å². The van der Waals surface area contributed by atoms with Crippen LogP contribution in [-0.2, 0) is 52.9 Å². The van der Waals surface area contributed by atoms with Gasteiger partial charge in [-0.3, -0.25) is 19.2 Å². The van der Waals surface area contributed by atoms with Gasteiger partial charge in [-0.2, -0.15) is 0 Å². The summed E-state index contributed by atoms with van der Waals surface area (Å²) in [7, 11) is 1.13.